The lowest BCUT2D eigenvalue weighted by Crippen LogP contribution is -2.16. The Labute approximate surface area is 433 Å². The van der Waals surface area contributed by atoms with Crippen LogP contribution in [0.25, 0.3) is 66.7 Å². The number of hydrogen-bond acceptors (Lipinski definition) is 3. The minimum atomic E-state index is -0.160. The summed E-state index contributed by atoms with van der Waals surface area (Å²) in [6.45, 7) is 9.49. The minimum Gasteiger partial charge on any atom is -0.310 e. The van der Waals surface area contributed by atoms with Crippen molar-refractivity contribution in [3.8, 4) is 22.3 Å². The molecule has 0 atom stereocenters. The van der Waals surface area contributed by atoms with Crippen LogP contribution in [0, 0.1) is 0 Å². The fourth-order valence-electron chi connectivity index (χ4n) is 11.6. The highest BCUT2D eigenvalue weighted by Crippen LogP contribution is 2.53. The topological polar surface area (TPSA) is 6.48 Å². The fourth-order valence-corrected chi connectivity index (χ4v) is 12.6. The van der Waals surface area contributed by atoms with Crippen molar-refractivity contribution >= 4 is 89.9 Å². The maximum absolute atomic E-state index is 2.40. The Hall–Kier alpha value is -8.50. The normalized spacial score (nSPS) is 13.9. The number of hydrogen-bond donors (Lipinski definition) is 0. The monoisotopic (exact) mass is 954 g/mol. The van der Waals surface area contributed by atoms with E-state index < -0.39 is 0 Å². The molecule has 73 heavy (non-hydrogen) atoms. The second-order valence-corrected chi connectivity index (χ2v) is 21.7. The second kappa shape index (κ2) is 17.7. The van der Waals surface area contributed by atoms with E-state index in [4.69, 9.17) is 0 Å². The Bertz CT molecular complexity index is 3620. The summed E-state index contributed by atoms with van der Waals surface area (Å²) in [6.07, 6.45) is 9.10. The standard InChI is InChI=1S/C70H54N2S/c1-69(2)63-43-49(29-35-57(63)59-37-33-55(45-65(59)69)71(51-17-9-5-10-18-51)52-19-11-6-12-20-52)27-25-47-31-39-67-61(41-47)62-42-48(32-40-68(62)73-67)26-28-50-30-36-58-60-38-34-56(46-66(60)70(3,4)64(58)44-50)72(53-21-13-7-14-22-53)54-23-15-8-16-24-54/h5-46H,1-4H3/b27-25+,28-26+. The second-order valence-electron chi connectivity index (χ2n) is 20.6. The summed E-state index contributed by atoms with van der Waals surface area (Å²) in [4.78, 5) is 4.71. The molecule has 0 saturated heterocycles. The van der Waals surface area contributed by atoms with Gasteiger partial charge in [0.2, 0.25) is 0 Å². The molecule has 0 unspecified atom stereocenters. The van der Waals surface area contributed by atoms with Gasteiger partial charge in [-0.05, 0) is 164 Å². The van der Waals surface area contributed by atoms with E-state index in [1.54, 1.807) is 0 Å². The lowest BCUT2D eigenvalue weighted by Gasteiger charge is -2.28. The van der Waals surface area contributed by atoms with Crippen LogP contribution in [0.3, 0.4) is 0 Å². The summed E-state index contributed by atoms with van der Waals surface area (Å²) in [5.74, 6) is 0. The van der Waals surface area contributed by atoms with Gasteiger partial charge in [-0.1, -0.05) is 185 Å². The fraction of sp³-hybridized carbons (Fsp3) is 0.0857. The van der Waals surface area contributed by atoms with Crippen LogP contribution in [0.4, 0.5) is 34.1 Å². The molecular formula is C70H54N2S. The summed E-state index contributed by atoms with van der Waals surface area (Å²) in [5.41, 5.74) is 22.1. The molecule has 0 N–H and O–H groups in total. The van der Waals surface area contributed by atoms with Gasteiger partial charge in [-0.15, -0.1) is 11.3 Å². The molecule has 11 aromatic rings. The van der Waals surface area contributed by atoms with E-state index in [2.05, 4.69) is 292 Å². The van der Waals surface area contributed by atoms with Gasteiger partial charge in [-0.25, -0.2) is 0 Å². The smallest absolute Gasteiger partial charge is 0.0465 e. The summed E-state index contributed by atoms with van der Waals surface area (Å²) >= 11 is 1.87. The molecule has 350 valence electrons. The van der Waals surface area contributed by atoms with Crippen molar-refractivity contribution in [2.45, 2.75) is 38.5 Å². The zero-order chi connectivity index (χ0) is 49.3. The lowest BCUT2D eigenvalue weighted by molar-refractivity contribution is 0.660. The van der Waals surface area contributed by atoms with E-state index in [9.17, 15) is 0 Å². The maximum atomic E-state index is 2.40. The van der Waals surface area contributed by atoms with E-state index in [1.165, 1.54) is 86.9 Å². The van der Waals surface area contributed by atoms with Crippen LogP contribution in [0.1, 0.15) is 72.2 Å². The van der Waals surface area contributed by atoms with Gasteiger partial charge in [0.15, 0.2) is 0 Å². The molecule has 0 spiro atoms. The van der Waals surface area contributed by atoms with Crippen molar-refractivity contribution in [1.82, 2.24) is 0 Å². The molecule has 0 bridgehead atoms. The van der Waals surface area contributed by atoms with Crippen LogP contribution in [0.15, 0.2) is 231 Å². The molecule has 0 saturated carbocycles. The number of para-hydroxylation sites is 4. The molecule has 2 aliphatic rings. The molecule has 0 aliphatic heterocycles. The molecule has 2 nitrogen and oxygen atoms in total. The quantitative estimate of drug-likeness (QED) is 0.126. The number of thiophene rings is 1. The summed E-state index contributed by atoms with van der Waals surface area (Å²) in [6, 6.07) is 84.5. The van der Waals surface area contributed by atoms with Gasteiger partial charge in [0.25, 0.3) is 0 Å². The SMILES string of the molecule is CC1(C)c2cc(/C=C/c3ccc4sc5ccc(/C=C/c6ccc7c(c6)C(C)(C)c6cc(N(c8ccccc8)c8ccccc8)ccc6-7)cc5c4c3)ccc2-c2ccc(N(c3ccccc3)c3ccccc3)cc21. The van der Waals surface area contributed by atoms with Crippen molar-refractivity contribution in [3.63, 3.8) is 0 Å². The van der Waals surface area contributed by atoms with E-state index >= 15 is 0 Å². The van der Waals surface area contributed by atoms with Crippen molar-refractivity contribution in [3.05, 3.63) is 275 Å². The molecule has 0 radical (unpaired) electrons. The Morgan fingerprint density at radius 3 is 0.918 bits per heavy atom. The van der Waals surface area contributed by atoms with Gasteiger partial charge in [0.05, 0.1) is 0 Å². The van der Waals surface area contributed by atoms with Gasteiger partial charge in [-0.3, -0.25) is 0 Å². The lowest BCUT2D eigenvalue weighted by atomic mass is 9.81. The van der Waals surface area contributed by atoms with Crippen molar-refractivity contribution in [1.29, 1.82) is 0 Å². The minimum absolute atomic E-state index is 0.160. The molecule has 0 fully saturated rings. The average molecular weight is 955 g/mol. The van der Waals surface area contributed by atoms with Crippen molar-refractivity contribution in [2.24, 2.45) is 0 Å². The van der Waals surface area contributed by atoms with Gasteiger partial charge in [-0.2, -0.15) is 0 Å². The molecule has 10 aromatic carbocycles. The predicted octanol–water partition coefficient (Wildman–Crippen LogP) is 19.9. The Morgan fingerprint density at radius 2 is 0.575 bits per heavy atom. The molecule has 3 heteroatoms. The summed E-state index contributed by atoms with van der Waals surface area (Å²) in [7, 11) is 0. The molecule has 0 amide bonds. The number of fused-ring (bicyclic) bond motifs is 9. The van der Waals surface area contributed by atoms with Crippen LogP contribution in [-0.4, -0.2) is 0 Å². The first-order valence-electron chi connectivity index (χ1n) is 25.4. The molecular weight excluding hydrogens is 901 g/mol. The van der Waals surface area contributed by atoms with E-state index in [0.29, 0.717) is 0 Å². The maximum Gasteiger partial charge on any atom is 0.0465 e. The van der Waals surface area contributed by atoms with Gasteiger partial charge >= 0.3 is 0 Å². The Balaban J connectivity index is 0.752. The highest BCUT2D eigenvalue weighted by atomic mass is 32.1. The average Bonchev–Trinajstić information content (AvgIpc) is 3.99. The van der Waals surface area contributed by atoms with Crippen molar-refractivity contribution in [2.75, 3.05) is 9.80 Å². The van der Waals surface area contributed by atoms with Crippen LogP contribution in [0.5, 0.6) is 0 Å². The van der Waals surface area contributed by atoms with E-state index in [1.807, 2.05) is 11.3 Å². The van der Waals surface area contributed by atoms with Gasteiger partial charge < -0.3 is 9.80 Å². The summed E-state index contributed by atoms with van der Waals surface area (Å²) < 4.78 is 2.61. The molecule has 13 rings (SSSR count). The first-order valence-corrected chi connectivity index (χ1v) is 26.2. The first kappa shape index (κ1) is 44.4. The first-order chi connectivity index (χ1) is 35.7. The number of nitrogens with zero attached hydrogens (tertiary/aromatic N) is 2. The van der Waals surface area contributed by atoms with Gasteiger partial charge in [0, 0.05) is 65.1 Å². The molecule has 2 aliphatic carbocycles. The zero-order valence-corrected chi connectivity index (χ0v) is 42.4. The van der Waals surface area contributed by atoms with Crippen molar-refractivity contribution < 1.29 is 0 Å². The van der Waals surface area contributed by atoms with Crippen LogP contribution in [-0.2, 0) is 10.8 Å². The summed E-state index contributed by atoms with van der Waals surface area (Å²) in [5, 5.41) is 2.60. The third kappa shape index (κ3) is 7.80. The highest BCUT2D eigenvalue weighted by molar-refractivity contribution is 7.25. The van der Waals surface area contributed by atoms with E-state index in [-0.39, 0.29) is 10.8 Å². The molecule has 1 aromatic heterocycles. The zero-order valence-electron chi connectivity index (χ0n) is 41.6. The third-order valence-corrected chi connectivity index (χ3v) is 16.5. The Kier molecular flexibility index (Phi) is 10.8. The van der Waals surface area contributed by atoms with Crippen LogP contribution < -0.4 is 9.80 Å². The van der Waals surface area contributed by atoms with Crippen LogP contribution >= 0.6 is 11.3 Å². The number of benzene rings is 10. The van der Waals surface area contributed by atoms with Crippen LogP contribution in [0.2, 0.25) is 0 Å². The number of anilines is 6. The van der Waals surface area contributed by atoms with Gasteiger partial charge in [0.1, 0.15) is 0 Å². The number of rotatable bonds is 10. The predicted molar refractivity (Wildman–Crippen MR) is 315 cm³/mol. The van der Waals surface area contributed by atoms with E-state index in [0.717, 1.165) is 34.1 Å². The third-order valence-electron chi connectivity index (χ3n) is 15.4. The highest BCUT2D eigenvalue weighted by Gasteiger charge is 2.37. The Morgan fingerprint density at radius 1 is 0.288 bits per heavy atom. The largest absolute Gasteiger partial charge is 0.310 e. The molecule has 1 heterocycles.